The van der Waals surface area contributed by atoms with Crippen molar-refractivity contribution in [2.45, 2.75) is 105 Å². The van der Waals surface area contributed by atoms with Crippen LogP contribution in [-0.4, -0.2) is 52.5 Å². The Labute approximate surface area is 255 Å². The lowest BCUT2D eigenvalue weighted by atomic mass is 9.76. The van der Waals surface area contributed by atoms with Gasteiger partial charge in [0.25, 0.3) is 0 Å². The Bertz CT molecular complexity index is 1170. The maximum absolute atomic E-state index is 13.4. The molecule has 6 heteroatoms. The van der Waals surface area contributed by atoms with Gasteiger partial charge in [-0.15, -0.1) is 0 Å². The van der Waals surface area contributed by atoms with E-state index in [2.05, 4.69) is 90.6 Å². The molecule has 1 aliphatic rings. The zero-order valence-corrected chi connectivity index (χ0v) is 27.9. The van der Waals surface area contributed by atoms with E-state index >= 15 is 0 Å². The molecule has 2 aromatic rings. The number of hydrogen-bond donors (Lipinski definition) is 0. The SMILES string of the molecule is CCCCOc1cc(N2CCOCC2)c(C)cc1N(C)C(=O)CCCOc1ccc(C(C)(C)CC)cc1C(C)(C)CC. The molecule has 0 atom stereocenters. The Kier molecular flexibility index (Phi) is 12.2. The van der Waals surface area contributed by atoms with Crippen LogP contribution in [0.15, 0.2) is 30.3 Å². The van der Waals surface area contributed by atoms with Crippen LogP contribution < -0.4 is 19.3 Å². The minimum Gasteiger partial charge on any atom is -0.493 e. The smallest absolute Gasteiger partial charge is 0.226 e. The molecule has 0 N–H and O–H groups in total. The number of morpholine rings is 1. The van der Waals surface area contributed by atoms with Gasteiger partial charge >= 0.3 is 0 Å². The van der Waals surface area contributed by atoms with Gasteiger partial charge in [-0.2, -0.15) is 0 Å². The van der Waals surface area contributed by atoms with Crippen LogP contribution in [0.2, 0.25) is 0 Å². The monoisotopic (exact) mass is 580 g/mol. The van der Waals surface area contributed by atoms with Gasteiger partial charge in [0.15, 0.2) is 0 Å². The lowest BCUT2D eigenvalue weighted by Gasteiger charge is -2.32. The number of ether oxygens (including phenoxy) is 3. The van der Waals surface area contributed by atoms with Crippen molar-refractivity contribution in [3.8, 4) is 11.5 Å². The van der Waals surface area contributed by atoms with Crippen molar-refractivity contribution in [1.82, 2.24) is 0 Å². The summed E-state index contributed by atoms with van der Waals surface area (Å²) in [5, 5.41) is 0. The van der Waals surface area contributed by atoms with Crippen molar-refractivity contribution in [2.75, 3.05) is 56.4 Å². The molecule has 0 aliphatic carbocycles. The first-order chi connectivity index (χ1) is 19.9. The second-order valence-electron chi connectivity index (χ2n) is 13.0. The van der Waals surface area contributed by atoms with E-state index in [1.807, 2.05) is 7.05 Å². The Balaban J connectivity index is 1.70. The molecule has 1 heterocycles. The van der Waals surface area contributed by atoms with Gasteiger partial charge in [0.2, 0.25) is 5.91 Å². The Hall–Kier alpha value is -2.73. The normalized spacial score (nSPS) is 14.2. The van der Waals surface area contributed by atoms with E-state index in [1.54, 1.807) is 4.90 Å². The first-order valence-electron chi connectivity index (χ1n) is 16.1. The summed E-state index contributed by atoms with van der Waals surface area (Å²) in [5.74, 6) is 1.76. The van der Waals surface area contributed by atoms with Crippen molar-refractivity contribution < 1.29 is 19.0 Å². The van der Waals surface area contributed by atoms with Gasteiger partial charge in [-0.05, 0) is 66.7 Å². The lowest BCUT2D eigenvalue weighted by Crippen LogP contribution is -2.36. The highest BCUT2D eigenvalue weighted by atomic mass is 16.5. The van der Waals surface area contributed by atoms with Crippen LogP contribution in [0.4, 0.5) is 11.4 Å². The molecule has 1 fully saturated rings. The molecular formula is C36H56N2O4. The van der Waals surface area contributed by atoms with Crippen LogP contribution >= 0.6 is 0 Å². The van der Waals surface area contributed by atoms with Crippen LogP contribution in [0.25, 0.3) is 0 Å². The quantitative estimate of drug-likeness (QED) is 0.199. The Morgan fingerprint density at radius 3 is 2.19 bits per heavy atom. The predicted octanol–water partition coefficient (Wildman–Crippen LogP) is 8.21. The minimum absolute atomic E-state index is 0.00459. The van der Waals surface area contributed by atoms with Gasteiger partial charge < -0.3 is 24.0 Å². The summed E-state index contributed by atoms with van der Waals surface area (Å²) in [4.78, 5) is 17.5. The zero-order valence-electron chi connectivity index (χ0n) is 27.9. The average molecular weight is 581 g/mol. The van der Waals surface area contributed by atoms with Crippen LogP contribution in [0, 0.1) is 6.92 Å². The van der Waals surface area contributed by atoms with E-state index in [0.29, 0.717) is 26.1 Å². The fourth-order valence-electron chi connectivity index (χ4n) is 5.22. The summed E-state index contributed by atoms with van der Waals surface area (Å²) in [6.07, 6.45) is 5.19. The number of aryl methyl sites for hydroxylation is 1. The molecular weight excluding hydrogens is 524 g/mol. The van der Waals surface area contributed by atoms with Crippen molar-refractivity contribution in [2.24, 2.45) is 0 Å². The summed E-state index contributed by atoms with van der Waals surface area (Å²) in [7, 11) is 1.86. The van der Waals surface area contributed by atoms with Gasteiger partial charge in [-0.3, -0.25) is 4.79 Å². The highest BCUT2D eigenvalue weighted by molar-refractivity contribution is 5.95. The molecule has 0 spiro atoms. The fourth-order valence-corrected chi connectivity index (χ4v) is 5.22. The van der Waals surface area contributed by atoms with Crippen molar-refractivity contribution in [3.63, 3.8) is 0 Å². The second kappa shape index (κ2) is 15.1. The topological polar surface area (TPSA) is 51.2 Å². The number of anilines is 2. The van der Waals surface area contributed by atoms with Crippen LogP contribution in [0.5, 0.6) is 11.5 Å². The molecule has 0 bridgehead atoms. The number of rotatable bonds is 15. The largest absolute Gasteiger partial charge is 0.493 e. The van der Waals surface area contributed by atoms with E-state index in [4.69, 9.17) is 14.2 Å². The second-order valence-corrected chi connectivity index (χ2v) is 13.0. The maximum atomic E-state index is 13.4. The highest BCUT2D eigenvalue weighted by Crippen LogP contribution is 2.39. The number of hydrogen-bond acceptors (Lipinski definition) is 5. The summed E-state index contributed by atoms with van der Waals surface area (Å²) < 4.78 is 18.1. The van der Waals surface area contributed by atoms with Gasteiger partial charge in [-0.25, -0.2) is 0 Å². The standard InChI is InChI=1S/C36H56N2O4/c1-10-13-20-42-33-26-30(38-18-22-40-23-19-38)27(4)24-31(33)37(9)34(39)15-14-21-41-32-17-16-28(35(5,6)11-2)25-29(32)36(7,8)12-3/h16-17,24-26H,10-15,18-23H2,1-9H3. The third-order valence-corrected chi connectivity index (χ3v) is 9.17. The molecule has 0 unspecified atom stereocenters. The number of nitrogens with zero attached hydrogens (tertiary/aromatic N) is 2. The van der Waals surface area contributed by atoms with Crippen LogP contribution in [0.1, 0.15) is 104 Å². The molecule has 234 valence electrons. The minimum atomic E-state index is 0.00459. The molecule has 42 heavy (non-hydrogen) atoms. The van der Waals surface area contributed by atoms with Gasteiger partial charge in [0.1, 0.15) is 11.5 Å². The summed E-state index contributed by atoms with van der Waals surface area (Å²) >= 11 is 0. The molecule has 1 aliphatic heterocycles. The number of carbonyl (C=O) groups excluding carboxylic acids is 1. The summed E-state index contributed by atoms with van der Waals surface area (Å²) in [6.45, 7) is 22.2. The van der Waals surface area contributed by atoms with E-state index in [1.165, 1.54) is 11.1 Å². The Morgan fingerprint density at radius 1 is 0.905 bits per heavy atom. The first-order valence-corrected chi connectivity index (χ1v) is 16.1. The van der Waals surface area contributed by atoms with E-state index < -0.39 is 0 Å². The van der Waals surface area contributed by atoms with Crippen LogP contribution in [0.3, 0.4) is 0 Å². The molecule has 0 aromatic heterocycles. The molecule has 0 saturated carbocycles. The number of benzene rings is 2. The first kappa shape index (κ1) is 33.8. The van der Waals surface area contributed by atoms with Crippen LogP contribution in [-0.2, 0) is 20.4 Å². The maximum Gasteiger partial charge on any atom is 0.226 e. The molecule has 0 radical (unpaired) electrons. The van der Waals surface area contributed by atoms with Gasteiger partial charge in [-0.1, -0.05) is 67.0 Å². The fraction of sp³-hybridized carbons (Fsp3) is 0.639. The molecule has 2 aromatic carbocycles. The third kappa shape index (κ3) is 8.43. The van der Waals surface area contributed by atoms with E-state index in [0.717, 1.165) is 80.4 Å². The summed E-state index contributed by atoms with van der Waals surface area (Å²) in [5.41, 5.74) is 5.83. The Morgan fingerprint density at radius 2 is 1.55 bits per heavy atom. The van der Waals surface area contributed by atoms with Gasteiger partial charge in [0, 0.05) is 43.9 Å². The zero-order chi connectivity index (χ0) is 30.9. The van der Waals surface area contributed by atoms with Crippen molar-refractivity contribution in [3.05, 3.63) is 47.0 Å². The number of unbranched alkanes of at least 4 members (excludes halogenated alkanes) is 1. The third-order valence-electron chi connectivity index (χ3n) is 9.17. The average Bonchev–Trinajstić information content (AvgIpc) is 2.99. The predicted molar refractivity (Wildman–Crippen MR) is 176 cm³/mol. The van der Waals surface area contributed by atoms with E-state index in [9.17, 15) is 4.79 Å². The number of amides is 1. The molecule has 6 nitrogen and oxygen atoms in total. The molecule has 1 amide bonds. The van der Waals surface area contributed by atoms with Crippen molar-refractivity contribution in [1.29, 1.82) is 0 Å². The summed E-state index contributed by atoms with van der Waals surface area (Å²) in [6, 6.07) is 10.9. The lowest BCUT2D eigenvalue weighted by molar-refractivity contribution is -0.118. The number of carbonyl (C=O) groups is 1. The molecule has 3 rings (SSSR count). The highest BCUT2D eigenvalue weighted by Gasteiger charge is 2.27. The van der Waals surface area contributed by atoms with Crippen molar-refractivity contribution >= 4 is 17.3 Å². The molecule has 1 saturated heterocycles. The van der Waals surface area contributed by atoms with Gasteiger partial charge in [0.05, 0.1) is 32.1 Å². The van der Waals surface area contributed by atoms with E-state index in [-0.39, 0.29) is 16.7 Å².